The molecule has 0 saturated heterocycles. The maximum atomic E-state index is 12.0. The van der Waals surface area contributed by atoms with E-state index in [9.17, 15) is 4.79 Å². The van der Waals surface area contributed by atoms with E-state index < -0.39 is 12.1 Å². The van der Waals surface area contributed by atoms with Crippen molar-refractivity contribution in [1.29, 1.82) is 0 Å². The van der Waals surface area contributed by atoms with Crippen molar-refractivity contribution in [2.75, 3.05) is 6.61 Å². The van der Waals surface area contributed by atoms with E-state index in [1.165, 1.54) is 0 Å². The van der Waals surface area contributed by atoms with Crippen molar-refractivity contribution in [2.24, 2.45) is 0 Å². The summed E-state index contributed by atoms with van der Waals surface area (Å²) in [4.78, 5) is 12.0. The number of esters is 1. The molecule has 0 N–H and O–H groups in total. The molecule has 108 valence electrons. The Labute approximate surface area is 130 Å². The fraction of sp³-hybridized carbons (Fsp3) is 0.188. The molecular weight excluding hydrogens is 336 g/mol. The molecule has 3 rings (SSSR count). The van der Waals surface area contributed by atoms with Crippen LogP contribution in [0.1, 0.15) is 5.56 Å². The molecule has 1 atom stereocenters. The van der Waals surface area contributed by atoms with Crippen molar-refractivity contribution < 1.29 is 19.0 Å². The van der Waals surface area contributed by atoms with Gasteiger partial charge in [-0.05, 0) is 18.2 Å². The van der Waals surface area contributed by atoms with E-state index in [1.807, 2.05) is 36.4 Å². The zero-order valence-electron chi connectivity index (χ0n) is 11.1. The summed E-state index contributed by atoms with van der Waals surface area (Å²) in [5, 5.41) is 0. The number of halogens is 1. The normalized spacial score (nSPS) is 16.3. The molecule has 2 aromatic carbocycles. The van der Waals surface area contributed by atoms with Crippen molar-refractivity contribution >= 4 is 21.9 Å². The van der Waals surface area contributed by atoms with Gasteiger partial charge in [-0.15, -0.1) is 0 Å². The highest BCUT2D eigenvalue weighted by Crippen LogP contribution is 2.31. The lowest BCUT2D eigenvalue weighted by atomic mass is 10.2. The number of para-hydroxylation sites is 2. The number of fused-ring (bicyclic) bond motifs is 1. The summed E-state index contributed by atoms with van der Waals surface area (Å²) in [6.45, 7) is 0.355. The molecule has 5 heteroatoms. The second-order valence-electron chi connectivity index (χ2n) is 4.56. The van der Waals surface area contributed by atoms with Gasteiger partial charge in [-0.3, -0.25) is 0 Å². The third kappa shape index (κ3) is 3.19. The topological polar surface area (TPSA) is 44.8 Å². The maximum absolute atomic E-state index is 12.0. The molecule has 0 aliphatic carbocycles. The highest BCUT2D eigenvalue weighted by molar-refractivity contribution is 9.10. The second kappa shape index (κ2) is 6.18. The van der Waals surface area contributed by atoms with E-state index in [4.69, 9.17) is 14.2 Å². The maximum Gasteiger partial charge on any atom is 0.351 e. The summed E-state index contributed by atoms with van der Waals surface area (Å²) < 4.78 is 17.3. The van der Waals surface area contributed by atoms with Crippen LogP contribution in [0.3, 0.4) is 0 Å². The molecule has 0 fully saturated rings. The zero-order chi connectivity index (χ0) is 14.7. The number of hydrogen-bond donors (Lipinski definition) is 0. The number of hydrogen-bond acceptors (Lipinski definition) is 4. The number of ether oxygens (including phenoxy) is 3. The van der Waals surface area contributed by atoms with Crippen molar-refractivity contribution in [1.82, 2.24) is 0 Å². The van der Waals surface area contributed by atoms with Gasteiger partial charge in [-0.2, -0.15) is 0 Å². The molecule has 0 bridgehead atoms. The highest BCUT2D eigenvalue weighted by atomic mass is 79.9. The van der Waals surface area contributed by atoms with Crippen molar-refractivity contribution in [3.63, 3.8) is 0 Å². The molecule has 21 heavy (non-hydrogen) atoms. The molecule has 0 saturated carbocycles. The quantitative estimate of drug-likeness (QED) is 0.798. The molecule has 2 aromatic rings. The predicted octanol–water partition coefficient (Wildman–Crippen LogP) is 3.33. The van der Waals surface area contributed by atoms with E-state index in [0.717, 1.165) is 10.0 Å². The number of carbonyl (C=O) groups excluding carboxylic acids is 1. The fourth-order valence-corrected chi connectivity index (χ4v) is 2.39. The van der Waals surface area contributed by atoms with Gasteiger partial charge in [-0.1, -0.05) is 46.3 Å². The van der Waals surface area contributed by atoms with Crippen LogP contribution >= 0.6 is 15.9 Å². The Morgan fingerprint density at radius 2 is 1.86 bits per heavy atom. The van der Waals surface area contributed by atoms with Crippen LogP contribution in [0, 0.1) is 0 Å². The SMILES string of the molecule is O=C(OCc1ccccc1Br)[C@@H]1COc2ccccc2O1. The van der Waals surface area contributed by atoms with Gasteiger partial charge in [0.25, 0.3) is 0 Å². The van der Waals surface area contributed by atoms with Crippen LogP contribution in [0.5, 0.6) is 11.5 Å². The monoisotopic (exact) mass is 348 g/mol. The lowest BCUT2D eigenvalue weighted by molar-refractivity contribution is -0.155. The summed E-state index contributed by atoms with van der Waals surface area (Å²) in [7, 11) is 0. The van der Waals surface area contributed by atoms with Gasteiger partial charge in [0.05, 0.1) is 0 Å². The molecule has 4 nitrogen and oxygen atoms in total. The van der Waals surface area contributed by atoms with Crippen molar-refractivity contribution in [3.8, 4) is 11.5 Å². The van der Waals surface area contributed by atoms with Gasteiger partial charge in [0.2, 0.25) is 6.10 Å². The summed E-state index contributed by atoms with van der Waals surface area (Å²) in [6, 6.07) is 14.9. The number of carbonyl (C=O) groups is 1. The Morgan fingerprint density at radius 3 is 2.67 bits per heavy atom. The number of rotatable bonds is 3. The molecule has 0 unspecified atom stereocenters. The molecular formula is C16H13BrO4. The minimum Gasteiger partial charge on any atom is -0.485 e. The first kappa shape index (κ1) is 13.9. The van der Waals surface area contributed by atoms with Crippen LogP contribution in [0.4, 0.5) is 0 Å². The molecule has 0 aromatic heterocycles. The lowest BCUT2D eigenvalue weighted by Crippen LogP contribution is -2.37. The Morgan fingerprint density at radius 1 is 1.14 bits per heavy atom. The predicted molar refractivity (Wildman–Crippen MR) is 80.3 cm³/mol. The lowest BCUT2D eigenvalue weighted by Gasteiger charge is -2.25. The minimum absolute atomic E-state index is 0.159. The first-order valence-electron chi connectivity index (χ1n) is 6.52. The molecule has 0 amide bonds. The van der Waals surface area contributed by atoms with Gasteiger partial charge < -0.3 is 14.2 Å². The molecule has 0 radical (unpaired) electrons. The van der Waals surface area contributed by atoms with Crippen molar-refractivity contribution in [2.45, 2.75) is 12.7 Å². The first-order chi connectivity index (χ1) is 10.2. The van der Waals surface area contributed by atoms with Crippen LogP contribution in [-0.2, 0) is 16.1 Å². The average molecular weight is 349 g/mol. The van der Waals surface area contributed by atoms with E-state index >= 15 is 0 Å². The zero-order valence-corrected chi connectivity index (χ0v) is 12.7. The Balaban J connectivity index is 1.61. The third-order valence-electron chi connectivity index (χ3n) is 3.10. The Bertz CT molecular complexity index is 656. The van der Waals surface area contributed by atoms with Gasteiger partial charge in [0.1, 0.15) is 13.2 Å². The summed E-state index contributed by atoms with van der Waals surface area (Å²) in [5.74, 6) is 0.777. The summed E-state index contributed by atoms with van der Waals surface area (Å²) in [5.41, 5.74) is 0.906. The van der Waals surface area contributed by atoms with Crippen LogP contribution in [0.15, 0.2) is 53.0 Å². The van der Waals surface area contributed by atoms with Gasteiger partial charge in [0.15, 0.2) is 11.5 Å². The largest absolute Gasteiger partial charge is 0.485 e. The van der Waals surface area contributed by atoms with Crippen molar-refractivity contribution in [3.05, 3.63) is 58.6 Å². The molecule has 1 heterocycles. The van der Waals surface area contributed by atoms with E-state index in [0.29, 0.717) is 11.5 Å². The standard InChI is InChI=1S/C16H13BrO4/c17-12-6-2-1-5-11(12)9-20-16(18)15-10-19-13-7-3-4-8-14(13)21-15/h1-8,15H,9-10H2/t15-/m0/s1. The molecule has 1 aliphatic heterocycles. The van der Waals surface area contributed by atoms with E-state index in [1.54, 1.807) is 12.1 Å². The van der Waals surface area contributed by atoms with E-state index in [2.05, 4.69) is 15.9 Å². The van der Waals surface area contributed by atoms with Crippen LogP contribution in [-0.4, -0.2) is 18.7 Å². The fourth-order valence-electron chi connectivity index (χ4n) is 1.99. The summed E-state index contributed by atoms with van der Waals surface area (Å²) in [6.07, 6.45) is -0.734. The van der Waals surface area contributed by atoms with E-state index in [-0.39, 0.29) is 13.2 Å². The molecule has 1 aliphatic rings. The van der Waals surface area contributed by atoms with Crippen LogP contribution < -0.4 is 9.47 Å². The van der Waals surface area contributed by atoms with Crippen LogP contribution in [0.25, 0.3) is 0 Å². The average Bonchev–Trinajstić information content (AvgIpc) is 2.53. The molecule has 0 spiro atoms. The second-order valence-corrected chi connectivity index (χ2v) is 5.42. The first-order valence-corrected chi connectivity index (χ1v) is 7.32. The Hall–Kier alpha value is -2.01. The highest BCUT2D eigenvalue weighted by Gasteiger charge is 2.28. The minimum atomic E-state index is -0.734. The summed E-state index contributed by atoms with van der Waals surface area (Å²) >= 11 is 3.42. The smallest absolute Gasteiger partial charge is 0.351 e. The number of benzene rings is 2. The van der Waals surface area contributed by atoms with Gasteiger partial charge in [-0.25, -0.2) is 4.79 Å². The third-order valence-corrected chi connectivity index (χ3v) is 3.87. The van der Waals surface area contributed by atoms with Gasteiger partial charge in [0, 0.05) is 10.0 Å². The van der Waals surface area contributed by atoms with Crippen LogP contribution in [0.2, 0.25) is 0 Å². The Kier molecular flexibility index (Phi) is 4.10. The van der Waals surface area contributed by atoms with Gasteiger partial charge >= 0.3 is 5.97 Å².